The summed E-state index contributed by atoms with van der Waals surface area (Å²) in [4.78, 5) is 25.8. The number of hydrogen-bond donors (Lipinski definition) is 0. The Morgan fingerprint density at radius 3 is 2.27 bits per heavy atom. The van der Waals surface area contributed by atoms with Crippen LogP contribution in [0.2, 0.25) is 0 Å². The maximum atomic E-state index is 12.3. The number of carbonyl (C=O) groups is 2. The second-order valence-electron chi connectivity index (χ2n) is 6.29. The lowest BCUT2D eigenvalue weighted by Crippen LogP contribution is -2.39. The summed E-state index contributed by atoms with van der Waals surface area (Å²) in [6.07, 6.45) is 4.37. The second-order valence-corrected chi connectivity index (χ2v) is 8.20. The van der Waals surface area contributed by atoms with Crippen molar-refractivity contribution in [1.82, 2.24) is 4.90 Å². The highest BCUT2D eigenvalue weighted by molar-refractivity contribution is 7.92. The molecule has 0 atom stereocenters. The Balaban J connectivity index is 2.07. The minimum Gasteiger partial charge on any atom is -0.462 e. The fraction of sp³-hybridized carbons (Fsp3) is 0.556. The van der Waals surface area contributed by atoms with Crippen molar-refractivity contribution in [3.05, 3.63) is 29.8 Å². The number of esters is 1. The zero-order chi connectivity index (χ0) is 19.2. The van der Waals surface area contributed by atoms with Crippen molar-refractivity contribution in [2.75, 3.05) is 36.8 Å². The summed E-state index contributed by atoms with van der Waals surface area (Å²) in [7, 11) is -3.54. The van der Waals surface area contributed by atoms with Gasteiger partial charge in [-0.3, -0.25) is 9.10 Å². The highest BCUT2D eigenvalue weighted by Crippen LogP contribution is 2.20. The van der Waals surface area contributed by atoms with Gasteiger partial charge in [0.1, 0.15) is 0 Å². The summed E-state index contributed by atoms with van der Waals surface area (Å²) >= 11 is 0. The molecule has 0 aliphatic carbocycles. The topological polar surface area (TPSA) is 84.0 Å². The number of piperidine rings is 1. The zero-order valence-electron chi connectivity index (χ0n) is 15.3. The van der Waals surface area contributed by atoms with Crippen molar-refractivity contribution in [3.63, 3.8) is 0 Å². The Kier molecular flexibility index (Phi) is 7.02. The number of sulfonamides is 1. The van der Waals surface area contributed by atoms with E-state index in [0.29, 0.717) is 11.3 Å². The fourth-order valence-electron chi connectivity index (χ4n) is 2.96. The largest absolute Gasteiger partial charge is 0.462 e. The Hall–Kier alpha value is -2.09. The van der Waals surface area contributed by atoms with Gasteiger partial charge in [0, 0.05) is 26.1 Å². The number of ether oxygens (including phenoxy) is 1. The van der Waals surface area contributed by atoms with Gasteiger partial charge in [-0.05, 0) is 50.5 Å². The van der Waals surface area contributed by atoms with Crippen LogP contribution in [0, 0.1) is 0 Å². The third-order valence-corrected chi connectivity index (χ3v) is 5.50. The predicted octanol–water partition coefficient (Wildman–Crippen LogP) is 2.03. The van der Waals surface area contributed by atoms with Crippen molar-refractivity contribution in [1.29, 1.82) is 0 Å². The molecule has 0 saturated carbocycles. The molecule has 1 aromatic rings. The number of hydrogen-bond acceptors (Lipinski definition) is 5. The lowest BCUT2D eigenvalue weighted by molar-refractivity contribution is -0.131. The molecule has 1 heterocycles. The summed E-state index contributed by atoms with van der Waals surface area (Å²) in [6.45, 7) is 3.55. The maximum Gasteiger partial charge on any atom is 0.338 e. The molecule has 1 amide bonds. The van der Waals surface area contributed by atoms with Crippen LogP contribution in [-0.4, -0.2) is 57.7 Å². The minimum absolute atomic E-state index is 0.0264. The van der Waals surface area contributed by atoms with Gasteiger partial charge in [0.15, 0.2) is 0 Å². The van der Waals surface area contributed by atoms with Gasteiger partial charge in [-0.2, -0.15) is 0 Å². The molecule has 1 aliphatic rings. The van der Waals surface area contributed by atoms with Crippen LogP contribution in [0.3, 0.4) is 0 Å². The van der Waals surface area contributed by atoms with E-state index in [1.54, 1.807) is 24.0 Å². The molecule has 0 radical (unpaired) electrons. The van der Waals surface area contributed by atoms with Crippen LogP contribution in [0.1, 0.15) is 43.0 Å². The molecule has 0 spiro atoms. The molecule has 144 valence electrons. The SMILES string of the molecule is CCOC(=O)c1ccc(N(CCC(=O)N2CCCCC2)S(C)(=O)=O)cc1. The number of carbonyl (C=O) groups excluding carboxylic acids is 2. The van der Waals surface area contributed by atoms with Gasteiger partial charge in [-0.15, -0.1) is 0 Å². The smallest absolute Gasteiger partial charge is 0.338 e. The van der Waals surface area contributed by atoms with Crippen molar-refractivity contribution in [2.24, 2.45) is 0 Å². The fourth-order valence-corrected chi connectivity index (χ4v) is 3.89. The first-order valence-electron chi connectivity index (χ1n) is 8.85. The molecule has 0 N–H and O–H groups in total. The van der Waals surface area contributed by atoms with Crippen LogP contribution in [0.25, 0.3) is 0 Å². The molecular weight excluding hydrogens is 356 g/mol. The summed E-state index contributed by atoms with van der Waals surface area (Å²) in [5.74, 6) is -0.480. The molecule has 7 nitrogen and oxygen atoms in total. The van der Waals surface area contributed by atoms with Crippen LogP contribution >= 0.6 is 0 Å². The Morgan fingerprint density at radius 1 is 1.12 bits per heavy atom. The molecule has 0 unspecified atom stereocenters. The van der Waals surface area contributed by atoms with Crippen LogP contribution < -0.4 is 4.31 Å². The average Bonchev–Trinajstić information content (AvgIpc) is 2.62. The van der Waals surface area contributed by atoms with Crippen molar-refractivity contribution >= 4 is 27.6 Å². The van der Waals surface area contributed by atoms with Crippen LogP contribution in [0.15, 0.2) is 24.3 Å². The quantitative estimate of drug-likeness (QED) is 0.674. The monoisotopic (exact) mass is 382 g/mol. The molecule has 8 heteroatoms. The molecule has 1 saturated heterocycles. The summed E-state index contributed by atoms with van der Waals surface area (Å²) in [6, 6.07) is 6.16. The first-order valence-corrected chi connectivity index (χ1v) is 10.7. The van der Waals surface area contributed by atoms with Gasteiger partial charge in [0.2, 0.25) is 15.9 Å². The van der Waals surface area contributed by atoms with Crippen LogP contribution in [-0.2, 0) is 19.6 Å². The highest BCUT2D eigenvalue weighted by Gasteiger charge is 2.22. The molecular formula is C18H26N2O5S. The van der Waals surface area contributed by atoms with E-state index < -0.39 is 16.0 Å². The van der Waals surface area contributed by atoms with Crippen LogP contribution in [0.5, 0.6) is 0 Å². The first kappa shape index (κ1) is 20.2. The number of nitrogens with zero attached hydrogens (tertiary/aromatic N) is 2. The van der Waals surface area contributed by atoms with Crippen molar-refractivity contribution in [2.45, 2.75) is 32.6 Å². The van der Waals surface area contributed by atoms with Gasteiger partial charge in [-0.1, -0.05) is 0 Å². The van der Waals surface area contributed by atoms with E-state index in [1.807, 2.05) is 0 Å². The summed E-state index contributed by atoms with van der Waals surface area (Å²) < 4.78 is 30.4. The predicted molar refractivity (Wildman–Crippen MR) is 99.6 cm³/mol. The number of rotatable bonds is 7. The summed E-state index contributed by atoms with van der Waals surface area (Å²) in [5, 5.41) is 0. The van der Waals surface area contributed by atoms with Gasteiger partial charge in [-0.25, -0.2) is 13.2 Å². The third kappa shape index (κ3) is 5.45. The van der Waals surface area contributed by atoms with E-state index in [1.165, 1.54) is 16.4 Å². The highest BCUT2D eigenvalue weighted by atomic mass is 32.2. The lowest BCUT2D eigenvalue weighted by atomic mass is 10.1. The normalized spacial score (nSPS) is 14.8. The van der Waals surface area contributed by atoms with Gasteiger partial charge >= 0.3 is 5.97 Å². The third-order valence-electron chi connectivity index (χ3n) is 4.30. The van der Waals surface area contributed by atoms with E-state index in [0.717, 1.165) is 38.6 Å². The van der Waals surface area contributed by atoms with Crippen molar-refractivity contribution in [3.8, 4) is 0 Å². The van der Waals surface area contributed by atoms with E-state index in [9.17, 15) is 18.0 Å². The molecule has 0 aromatic heterocycles. The van der Waals surface area contributed by atoms with Gasteiger partial charge in [0.25, 0.3) is 0 Å². The molecule has 1 fully saturated rings. The first-order chi connectivity index (χ1) is 12.3. The van der Waals surface area contributed by atoms with Gasteiger partial charge < -0.3 is 9.64 Å². The Labute approximate surface area is 155 Å². The lowest BCUT2D eigenvalue weighted by Gasteiger charge is -2.28. The Bertz CT molecular complexity index is 724. The zero-order valence-corrected chi connectivity index (χ0v) is 16.1. The Morgan fingerprint density at radius 2 is 1.73 bits per heavy atom. The minimum atomic E-state index is -3.54. The number of amides is 1. The van der Waals surface area contributed by atoms with Gasteiger partial charge in [0.05, 0.1) is 24.1 Å². The second kappa shape index (κ2) is 9.02. The molecule has 2 rings (SSSR count). The number of anilines is 1. The van der Waals surface area contributed by atoms with Crippen molar-refractivity contribution < 1.29 is 22.7 Å². The van der Waals surface area contributed by atoms with E-state index in [2.05, 4.69) is 0 Å². The van der Waals surface area contributed by atoms with E-state index in [-0.39, 0.29) is 25.5 Å². The van der Waals surface area contributed by atoms with E-state index in [4.69, 9.17) is 4.74 Å². The molecule has 1 aromatic carbocycles. The maximum absolute atomic E-state index is 12.3. The molecule has 0 bridgehead atoms. The molecule has 1 aliphatic heterocycles. The number of likely N-dealkylation sites (tertiary alicyclic amines) is 1. The van der Waals surface area contributed by atoms with Crippen LogP contribution in [0.4, 0.5) is 5.69 Å². The standard InChI is InChI=1S/C18H26N2O5S/c1-3-25-18(22)15-7-9-16(10-8-15)20(26(2,23)24)14-11-17(21)19-12-5-4-6-13-19/h7-10H,3-6,11-14H2,1-2H3. The number of benzene rings is 1. The van der Waals surface area contributed by atoms with E-state index >= 15 is 0 Å². The average molecular weight is 382 g/mol. The molecule has 26 heavy (non-hydrogen) atoms. The summed E-state index contributed by atoms with van der Waals surface area (Å²) in [5.41, 5.74) is 0.778.